The number of hydrogen-bond donors (Lipinski definition) is 2. The van der Waals surface area contributed by atoms with Gasteiger partial charge >= 0.3 is 0 Å². The maximum absolute atomic E-state index is 13.7. The van der Waals surface area contributed by atoms with Crippen LogP contribution < -0.4 is 10.6 Å². The number of rotatable bonds is 4. The molecule has 6 heteroatoms. The predicted molar refractivity (Wildman–Crippen MR) is 112 cm³/mol. The van der Waals surface area contributed by atoms with E-state index >= 15 is 0 Å². The van der Waals surface area contributed by atoms with Crippen LogP contribution in [0.3, 0.4) is 0 Å². The molecule has 5 atom stereocenters. The van der Waals surface area contributed by atoms with Gasteiger partial charge in [-0.1, -0.05) is 68.8 Å². The minimum absolute atomic E-state index is 0.144. The van der Waals surface area contributed by atoms with Crippen molar-refractivity contribution in [2.24, 2.45) is 17.8 Å². The number of imide groups is 1. The first-order valence-electron chi connectivity index (χ1n) is 10.6. The summed E-state index contributed by atoms with van der Waals surface area (Å²) in [5.74, 6) is -1.83. The summed E-state index contributed by atoms with van der Waals surface area (Å²) in [5, 5.41) is 6.43. The Morgan fingerprint density at radius 1 is 1.00 bits per heavy atom. The Hall–Kier alpha value is -2.99. The predicted octanol–water partition coefficient (Wildman–Crippen LogP) is 2.65. The van der Waals surface area contributed by atoms with Crippen LogP contribution in [0.1, 0.15) is 31.4 Å². The van der Waals surface area contributed by atoms with E-state index in [4.69, 9.17) is 0 Å². The van der Waals surface area contributed by atoms with Crippen LogP contribution in [0.5, 0.6) is 0 Å². The number of benzene rings is 2. The molecule has 30 heavy (non-hydrogen) atoms. The molecular weight excluding hydrogens is 378 g/mol. The molecule has 0 aromatic heterocycles. The van der Waals surface area contributed by atoms with Crippen LogP contribution in [-0.4, -0.2) is 28.7 Å². The Balaban J connectivity index is 1.62. The van der Waals surface area contributed by atoms with Gasteiger partial charge < -0.3 is 5.32 Å². The molecule has 0 aliphatic carbocycles. The van der Waals surface area contributed by atoms with Crippen LogP contribution in [0.2, 0.25) is 0 Å². The zero-order valence-corrected chi connectivity index (χ0v) is 17.1. The number of fused-ring (bicyclic) bond motifs is 4. The number of carbonyl (C=O) groups excluding carboxylic acids is 3. The van der Waals surface area contributed by atoms with Gasteiger partial charge in [-0.2, -0.15) is 0 Å². The molecule has 2 aromatic rings. The minimum Gasteiger partial charge on any atom is -0.324 e. The van der Waals surface area contributed by atoms with Gasteiger partial charge in [-0.25, -0.2) is 0 Å². The standard InChI is InChI=1S/C24H25N3O3/c1-3-14(2)20-18-19(22(29)27(21(18)28)13-15-9-5-4-6-10-15)24(26-20)16-11-7-8-12-17(16)25-23(24)30/h4-12,14,18-20,26H,3,13H2,1-2H3,(H,25,30)/t14-,18-,19-,20-,24+/m0/s1. The average Bonchev–Trinajstić information content (AvgIpc) is 3.35. The zero-order chi connectivity index (χ0) is 21.0. The normalized spacial score (nSPS) is 30.5. The van der Waals surface area contributed by atoms with E-state index in [1.807, 2.05) is 54.6 Å². The average molecular weight is 403 g/mol. The quantitative estimate of drug-likeness (QED) is 0.770. The van der Waals surface area contributed by atoms with Crippen LogP contribution in [-0.2, 0) is 26.5 Å². The maximum Gasteiger partial charge on any atom is 0.250 e. The van der Waals surface area contributed by atoms with Crippen molar-refractivity contribution < 1.29 is 14.4 Å². The highest BCUT2D eigenvalue weighted by molar-refractivity contribution is 6.15. The van der Waals surface area contributed by atoms with Crippen LogP contribution >= 0.6 is 0 Å². The molecule has 5 rings (SSSR count). The van der Waals surface area contributed by atoms with E-state index < -0.39 is 17.4 Å². The van der Waals surface area contributed by atoms with Crippen molar-refractivity contribution in [1.82, 2.24) is 10.2 Å². The largest absolute Gasteiger partial charge is 0.324 e. The van der Waals surface area contributed by atoms with Gasteiger partial charge in [-0.05, 0) is 17.5 Å². The van der Waals surface area contributed by atoms with Crippen molar-refractivity contribution in [3.63, 3.8) is 0 Å². The second-order valence-corrected chi connectivity index (χ2v) is 8.62. The van der Waals surface area contributed by atoms with Crippen molar-refractivity contribution in [2.75, 3.05) is 5.32 Å². The van der Waals surface area contributed by atoms with E-state index in [1.165, 1.54) is 4.90 Å². The lowest BCUT2D eigenvalue weighted by Gasteiger charge is -2.30. The molecule has 3 aliphatic heterocycles. The third-order valence-corrected chi connectivity index (χ3v) is 7.09. The first-order chi connectivity index (χ1) is 14.5. The second-order valence-electron chi connectivity index (χ2n) is 8.62. The summed E-state index contributed by atoms with van der Waals surface area (Å²) in [6, 6.07) is 16.7. The summed E-state index contributed by atoms with van der Waals surface area (Å²) in [6.07, 6.45) is 0.848. The molecule has 0 saturated carbocycles. The van der Waals surface area contributed by atoms with Crippen molar-refractivity contribution in [3.05, 3.63) is 65.7 Å². The molecule has 154 valence electrons. The molecule has 0 unspecified atom stereocenters. The third-order valence-electron chi connectivity index (χ3n) is 7.09. The lowest BCUT2D eigenvalue weighted by atomic mass is 9.75. The van der Waals surface area contributed by atoms with Gasteiger partial charge in [-0.3, -0.25) is 24.6 Å². The van der Waals surface area contributed by atoms with E-state index in [2.05, 4.69) is 24.5 Å². The molecule has 2 saturated heterocycles. The Kier molecular flexibility index (Phi) is 4.29. The van der Waals surface area contributed by atoms with E-state index in [0.29, 0.717) is 5.69 Å². The van der Waals surface area contributed by atoms with Gasteiger partial charge in [-0.15, -0.1) is 0 Å². The van der Waals surface area contributed by atoms with Gasteiger partial charge in [0, 0.05) is 17.3 Å². The van der Waals surface area contributed by atoms with Crippen LogP contribution in [0, 0.1) is 17.8 Å². The number of para-hydroxylation sites is 1. The fraction of sp³-hybridized carbons (Fsp3) is 0.375. The van der Waals surface area contributed by atoms with Gasteiger partial charge in [0.2, 0.25) is 17.7 Å². The monoisotopic (exact) mass is 403 g/mol. The van der Waals surface area contributed by atoms with Gasteiger partial charge in [0.1, 0.15) is 5.54 Å². The molecule has 3 heterocycles. The molecule has 3 amide bonds. The Morgan fingerprint density at radius 3 is 2.43 bits per heavy atom. The number of carbonyl (C=O) groups is 3. The summed E-state index contributed by atoms with van der Waals surface area (Å²) in [7, 11) is 0. The summed E-state index contributed by atoms with van der Waals surface area (Å²) in [5.41, 5.74) is 1.17. The fourth-order valence-electron chi connectivity index (χ4n) is 5.41. The fourth-order valence-corrected chi connectivity index (χ4v) is 5.41. The smallest absolute Gasteiger partial charge is 0.250 e. The van der Waals surface area contributed by atoms with Crippen LogP contribution in [0.4, 0.5) is 5.69 Å². The van der Waals surface area contributed by atoms with Crippen molar-refractivity contribution in [3.8, 4) is 0 Å². The number of likely N-dealkylation sites (tertiary alicyclic amines) is 1. The van der Waals surface area contributed by atoms with Crippen molar-refractivity contribution in [2.45, 2.75) is 38.4 Å². The van der Waals surface area contributed by atoms with Gasteiger partial charge in [0.05, 0.1) is 18.4 Å². The van der Waals surface area contributed by atoms with E-state index in [0.717, 1.165) is 17.5 Å². The number of anilines is 1. The lowest BCUT2D eigenvalue weighted by Crippen LogP contribution is -2.54. The van der Waals surface area contributed by atoms with E-state index in [9.17, 15) is 14.4 Å². The SMILES string of the molecule is CC[C@H](C)[C@@H]1N[C@@]2(C(=O)Nc3ccccc32)[C@@H]2C(=O)N(Cc3ccccc3)C(=O)[C@H]12. The Bertz CT molecular complexity index is 1040. The number of nitrogens with zero attached hydrogens (tertiary/aromatic N) is 1. The van der Waals surface area contributed by atoms with Crippen molar-refractivity contribution in [1.29, 1.82) is 0 Å². The highest BCUT2D eigenvalue weighted by atomic mass is 16.2. The molecule has 6 nitrogen and oxygen atoms in total. The Morgan fingerprint density at radius 2 is 1.70 bits per heavy atom. The molecule has 1 spiro atoms. The molecule has 3 aliphatic rings. The number of nitrogens with one attached hydrogen (secondary N) is 2. The Labute approximate surface area is 175 Å². The van der Waals surface area contributed by atoms with Crippen LogP contribution in [0.15, 0.2) is 54.6 Å². The van der Waals surface area contributed by atoms with Crippen LogP contribution in [0.25, 0.3) is 0 Å². The van der Waals surface area contributed by atoms with Crippen molar-refractivity contribution >= 4 is 23.4 Å². The highest BCUT2D eigenvalue weighted by Gasteiger charge is 2.70. The first-order valence-corrected chi connectivity index (χ1v) is 10.6. The summed E-state index contributed by atoms with van der Waals surface area (Å²) in [6.45, 7) is 4.38. The topological polar surface area (TPSA) is 78.5 Å². The maximum atomic E-state index is 13.7. The summed E-state index contributed by atoms with van der Waals surface area (Å²) >= 11 is 0. The minimum atomic E-state index is -1.20. The summed E-state index contributed by atoms with van der Waals surface area (Å²) < 4.78 is 0. The molecular formula is C24H25N3O3. The highest BCUT2D eigenvalue weighted by Crippen LogP contribution is 2.54. The van der Waals surface area contributed by atoms with E-state index in [1.54, 1.807) is 0 Å². The lowest BCUT2D eigenvalue weighted by molar-refractivity contribution is -0.143. The zero-order valence-electron chi connectivity index (χ0n) is 17.1. The molecule has 2 fully saturated rings. The molecule has 0 bridgehead atoms. The first kappa shape index (κ1) is 19.0. The second kappa shape index (κ2) is 6.77. The summed E-state index contributed by atoms with van der Waals surface area (Å²) in [4.78, 5) is 41.9. The van der Waals surface area contributed by atoms with E-state index in [-0.39, 0.29) is 36.2 Å². The molecule has 0 radical (unpaired) electrons. The molecule has 2 aromatic carbocycles. The van der Waals surface area contributed by atoms with Gasteiger partial charge in [0.15, 0.2) is 0 Å². The number of hydrogen-bond acceptors (Lipinski definition) is 4. The van der Waals surface area contributed by atoms with Gasteiger partial charge in [0.25, 0.3) is 0 Å². The third kappa shape index (κ3) is 2.43. The molecule has 2 N–H and O–H groups in total. The number of amides is 3.